The Morgan fingerprint density at radius 3 is 1.89 bits per heavy atom. The molecule has 0 saturated carbocycles. The van der Waals surface area contributed by atoms with Gasteiger partial charge in [0.05, 0.1) is 49.9 Å². The summed E-state index contributed by atoms with van der Waals surface area (Å²) < 4.78 is 38.8. The van der Waals surface area contributed by atoms with Crippen molar-refractivity contribution < 1.29 is 42.0 Å². The number of ether oxygens (including phenoxy) is 4. The van der Waals surface area contributed by atoms with Crippen molar-refractivity contribution in [2.24, 2.45) is 0 Å². The van der Waals surface area contributed by atoms with E-state index in [9.17, 15) is 23.1 Å². The van der Waals surface area contributed by atoms with Crippen LogP contribution in [0.25, 0.3) is 11.1 Å². The smallest absolute Gasteiger partial charge is 0.262 e. The molecule has 4 aromatic rings. The van der Waals surface area contributed by atoms with E-state index in [4.69, 9.17) is 24.7 Å². The molecule has 4 amide bonds. The minimum atomic E-state index is -0.951. The molecule has 15 nitrogen and oxygen atoms in total. The van der Waals surface area contributed by atoms with Gasteiger partial charge in [-0.3, -0.25) is 19.2 Å². The lowest BCUT2D eigenvalue weighted by Gasteiger charge is -2.34. The number of likely N-dealkylation sites (N-methyl/N-ethyl adjacent to an activating group) is 1. The second-order valence-corrected chi connectivity index (χ2v) is 16.4. The summed E-state index contributed by atoms with van der Waals surface area (Å²) >= 11 is -0.284. The molecule has 0 spiro atoms. The van der Waals surface area contributed by atoms with Gasteiger partial charge in [0.25, 0.3) is 17.7 Å². The van der Waals surface area contributed by atoms with Crippen LogP contribution in [0.15, 0.2) is 85.2 Å². The predicted molar refractivity (Wildman–Crippen MR) is 239 cm³/mol. The molecule has 326 valence electrons. The fraction of sp³-hybridized carbons (Fsp3) is 0.304. The maximum absolute atomic E-state index is 14.6. The van der Waals surface area contributed by atoms with Crippen LogP contribution >= 0.6 is 12.3 Å². The molecule has 17 heteroatoms. The third-order valence-electron chi connectivity index (χ3n) is 12.1. The van der Waals surface area contributed by atoms with Crippen LogP contribution in [0.2, 0.25) is 0 Å². The van der Waals surface area contributed by atoms with Crippen LogP contribution in [0.5, 0.6) is 23.0 Å². The zero-order chi connectivity index (χ0) is 43.9. The van der Waals surface area contributed by atoms with Gasteiger partial charge >= 0.3 is 0 Å². The number of carbonyl (C=O) groups excluding carboxylic acids is 4. The van der Waals surface area contributed by atoms with E-state index in [2.05, 4.69) is 34.3 Å². The Kier molecular flexibility index (Phi) is 11.4. The summed E-state index contributed by atoms with van der Waals surface area (Å²) in [6, 6.07) is 19.7. The van der Waals surface area contributed by atoms with E-state index in [0.29, 0.717) is 35.7 Å². The monoisotopic (exact) mass is 875 g/mol. The van der Waals surface area contributed by atoms with Gasteiger partial charge in [-0.15, -0.1) is 3.89 Å². The minimum absolute atomic E-state index is 0.0373. The number of amides is 4. The highest BCUT2D eigenvalue weighted by Gasteiger charge is 2.44. The fourth-order valence-electron chi connectivity index (χ4n) is 8.61. The Morgan fingerprint density at radius 2 is 1.27 bits per heavy atom. The van der Waals surface area contributed by atoms with Crippen LogP contribution in [-0.2, 0) is 9.59 Å². The summed E-state index contributed by atoms with van der Waals surface area (Å²) in [7, 11) is 5.02. The summed E-state index contributed by atoms with van der Waals surface area (Å²) in [5.41, 5.74) is 11.7. The normalized spacial score (nSPS) is 19.6. The third kappa shape index (κ3) is 7.86. The average molecular weight is 876 g/mol. The molecule has 4 aromatic carbocycles. The van der Waals surface area contributed by atoms with E-state index in [0.717, 1.165) is 58.4 Å². The van der Waals surface area contributed by atoms with Crippen LogP contribution in [0, 0.1) is 0 Å². The predicted octanol–water partition coefficient (Wildman–Crippen LogP) is 6.23. The molecule has 2 atom stereocenters. The summed E-state index contributed by atoms with van der Waals surface area (Å²) in [5.74, 6) is -0.701. The number of nitrogens with one attached hydrogen (secondary N) is 1. The van der Waals surface area contributed by atoms with Crippen LogP contribution < -0.4 is 39.2 Å². The molecule has 1 fully saturated rings. The van der Waals surface area contributed by atoms with Crippen molar-refractivity contribution in [1.29, 1.82) is 0 Å². The summed E-state index contributed by atoms with van der Waals surface area (Å²) in [6.45, 7) is 4.19. The number of rotatable bonds is 12. The van der Waals surface area contributed by atoms with Crippen molar-refractivity contribution in [2.45, 2.75) is 31.3 Å². The molecule has 0 aliphatic carbocycles. The standard InChI is InChI=1S/C46H46FN7O8S/c1-50-13-15-51(16-14-50)32-11-7-28(8-12-32)29-19-37-43(55)49-35-23-41(39(59-2)21-33(35)44(56)52(37)25-29)61-17-4-18-62-42-24-36-34(22-40(42)60-3)45(57)53-26-30(27-5-9-31(48)10-6-27)20-38(53)46(58)54(36)63-47/h5-12,21-26,37-38H,4,13-20,48H2,1-3H3,(H,49,55). The van der Waals surface area contributed by atoms with E-state index in [1.165, 1.54) is 36.2 Å². The number of halogens is 1. The van der Waals surface area contributed by atoms with Gasteiger partial charge in [0.2, 0.25) is 5.91 Å². The highest BCUT2D eigenvalue weighted by atomic mass is 32.2. The molecule has 1 saturated heterocycles. The first-order valence-electron chi connectivity index (χ1n) is 20.6. The number of benzene rings is 4. The first kappa shape index (κ1) is 41.6. The quantitative estimate of drug-likeness (QED) is 0.0941. The largest absolute Gasteiger partial charge is 0.493 e. The highest BCUT2D eigenvalue weighted by Crippen LogP contribution is 2.45. The molecule has 5 aliphatic rings. The maximum Gasteiger partial charge on any atom is 0.262 e. The Balaban J connectivity index is 0.859. The zero-order valence-electron chi connectivity index (χ0n) is 35.0. The first-order chi connectivity index (χ1) is 30.5. The number of anilines is 4. The van der Waals surface area contributed by atoms with Crippen molar-refractivity contribution in [3.63, 3.8) is 0 Å². The molecule has 3 N–H and O–H groups in total. The summed E-state index contributed by atoms with van der Waals surface area (Å²) in [6.07, 6.45) is 4.31. The van der Waals surface area contributed by atoms with Gasteiger partial charge in [-0.25, -0.2) is 4.31 Å². The molecule has 0 aromatic heterocycles. The van der Waals surface area contributed by atoms with Crippen LogP contribution in [0.1, 0.15) is 51.1 Å². The summed E-state index contributed by atoms with van der Waals surface area (Å²) in [5, 5.41) is 2.94. The second kappa shape index (κ2) is 17.2. The molecule has 9 rings (SSSR count). The Hall–Kier alpha value is -6.72. The van der Waals surface area contributed by atoms with Crippen molar-refractivity contribution in [3.05, 3.63) is 107 Å². The van der Waals surface area contributed by atoms with Crippen LogP contribution in [-0.4, -0.2) is 111 Å². The summed E-state index contributed by atoms with van der Waals surface area (Å²) in [4.78, 5) is 62.8. The minimum Gasteiger partial charge on any atom is -0.493 e. The number of carbonyl (C=O) groups is 4. The van der Waals surface area contributed by atoms with Crippen molar-refractivity contribution in [2.75, 3.05) is 80.9 Å². The number of nitrogens with zero attached hydrogens (tertiary/aromatic N) is 5. The average Bonchev–Trinajstić information content (AvgIpc) is 3.92. The van der Waals surface area contributed by atoms with E-state index in [1.54, 1.807) is 36.7 Å². The van der Waals surface area contributed by atoms with Gasteiger partial charge in [0.15, 0.2) is 35.3 Å². The second-order valence-electron chi connectivity index (χ2n) is 15.9. The Labute approximate surface area is 368 Å². The van der Waals surface area contributed by atoms with Gasteiger partial charge in [-0.05, 0) is 65.7 Å². The Morgan fingerprint density at radius 1 is 0.714 bits per heavy atom. The van der Waals surface area contributed by atoms with Gasteiger partial charge in [-0.1, -0.05) is 24.3 Å². The van der Waals surface area contributed by atoms with Gasteiger partial charge < -0.3 is 49.6 Å². The number of methoxy groups -OCH3 is 2. The first-order valence-corrected chi connectivity index (χ1v) is 21.3. The SMILES string of the molecule is COc1cc2c(cc1OCCCOc1cc3c(cc1OC)C(=O)N1C=C(c4ccc(N)cc4)CC1C(=O)N3SF)NC(=O)C1CC(c3ccc(N4CCN(C)CC4)cc3)=CN1C2=O. The number of nitrogens with two attached hydrogens (primary N) is 1. The third-order valence-corrected chi connectivity index (χ3v) is 12.6. The van der Waals surface area contributed by atoms with Crippen molar-refractivity contribution in [3.8, 4) is 23.0 Å². The van der Waals surface area contributed by atoms with Crippen LogP contribution in [0.4, 0.5) is 26.6 Å². The highest BCUT2D eigenvalue weighted by molar-refractivity contribution is 7.96. The molecule has 5 heterocycles. The van der Waals surface area contributed by atoms with Crippen molar-refractivity contribution >= 4 is 69.9 Å². The lowest BCUT2D eigenvalue weighted by Crippen LogP contribution is -2.44. The molecule has 0 bridgehead atoms. The molecule has 2 unspecified atom stereocenters. The van der Waals surface area contributed by atoms with E-state index in [1.807, 2.05) is 24.3 Å². The van der Waals surface area contributed by atoms with Gasteiger partial charge in [0.1, 0.15) is 12.1 Å². The number of piperazine rings is 1. The zero-order valence-corrected chi connectivity index (χ0v) is 35.8. The van der Waals surface area contributed by atoms with Gasteiger partial charge in [0, 0.05) is 81.3 Å². The maximum atomic E-state index is 14.6. The lowest BCUT2D eigenvalue weighted by molar-refractivity contribution is -0.120. The number of nitrogen functional groups attached to an aromatic ring is 1. The number of hydrogen-bond acceptors (Lipinski definition) is 12. The van der Waals surface area contributed by atoms with Gasteiger partial charge in [-0.2, -0.15) is 0 Å². The van der Waals surface area contributed by atoms with Crippen LogP contribution in [0.3, 0.4) is 0 Å². The molecule has 5 aliphatic heterocycles. The van der Waals surface area contributed by atoms with E-state index >= 15 is 0 Å². The topological polar surface area (TPSA) is 159 Å². The molecule has 63 heavy (non-hydrogen) atoms. The van der Waals surface area contributed by atoms with E-state index < -0.39 is 23.9 Å². The molecular formula is C46H46FN7O8S. The Bertz CT molecular complexity index is 2540. The van der Waals surface area contributed by atoms with Crippen molar-refractivity contribution in [1.82, 2.24) is 14.7 Å². The number of hydrogen-bond donors (Lipinski definition) is 2. The van der Waals surface area contributed by atoms with E-state index in [-0.39, 0.29) is 72.1 Å². The number of fused-ring (bicyclic) bond motifs is 4. The fourth-order valence-corrected chi connectivity index (χ4v) is 9.02. The molecular weight excluding hydrogens is 830 g/mol. The molecule has 0 radical (unpaired) electrons. The lowest BCUT2D eigenvalue weighted by atomic mass is 10.0.